The molecule has 222 valence electrons. The quantitative estimate of drug-likeness (QED) is 0.366. The fraction of sp³-hybridized carbons (Fsp3) is 0.452. The van der Waals surface area contributed by atoms with Gasteiger partial charge in [0, 0.05) is 80.5 Å². The summed E-state index contributed by atoms with van der Waals surface area (Å²) in [7, 11) is 5.86. The van der Waals surface area contributed by atoms with E-state index < -0.39 is 0 Å². The van der Waals surface area contributed by atoms with Crippen LogP contribution in [0.2, 0.25) is 0 Å². The summed E-state index contributed by atoms with van der Waals surface area (Å²) in [6, 6.07) is 5.93. The fourth-order valence-electron chi connectivity index (χ4n) is 6.44. The van der Waals surface area contributed by atoms with Crippen LogP contribution in [0.15, 0.2) is 36.8 Å². The molecule has 11 heteroatoms. The molecular weight excluding hydrogens is 535 g/mol. The van der Waals surface area contributed by atoms with Crippen molar-refractivity contribution in [1.29, 1.82) is 0 Å². The molecule has 0 bridgehead atoms. The molecule has 7 rings (SSSR count). The summed E-state index contributed by atoms with van der Waals surface area (Å²) < 4.78 is 25.9. The van der Waals surface area contributed by atoms with Crippen LogP contribution >= 0.6 is 0 Å². The van der Waals surface area contributed by atoms with Crippen molar-refractivity contribution in [3.63, 3.8) is 0 Å². The Morgan fingerprint density at radius 1 is 1.07 bits per heavy atom. The number of benzene rings is 1. The minimum Gasteiger partial charge on any atom is -0.495 e. The molecule has 6 heterocycles. The summed E-state index contributed by atoms with van der Waals surface area (Å²) in [6.45, 7) is 6.95. The number of nitrogens with zero attached hydrogens (tertiary/aromatic N) is 7. The fourth-order valence-corrected chi connectivity index (χ4v) is 6.44. The standard InChI is InChI=1S/C29H35FN8O.C2H4O/c1-34-10-6-24-22(17-34)29(33-38(24)19-4-7-31-8-5-19)37-13-12-35(2)25-14-20(23(30)16-26(25)37)21-15-28-32-9-11-36(28)18-27(21)39-3;1-2-3/h9,11,14-16,18-19,31H,4-8,10,12-13,17H2,1-3H3;2H,1H3. The molecule has 0 radical (unpaired) electrons. The van der Waals surface area contributed by atoms with Crippen LogP contribution in [-0.4, -0.2) is 84.3 Å². The monoisotopic (exact) mass is 574 g/mol. The molecule has 0 spiro atoms. The molecule has 10 nitrogen and oxygen atoms in total. The molecule has 1 fully saturated rings. The van der Waals surface area contributed by atoms with Crippen LogP contribution in [0, 0.1) is 5.82 Å². The van der Waals surface area contributed by atoms with Gasteiger partial charge in [-0.1, -0.05) is 0 Å². The number of nitrogens with one attached hydrogen (secondary N) is 1. The first kappa shape index (κ1) is 28.2. The Bertz CT molecular complexity index is 1590. The number of pyridine rings is 1. The van der Waals surface area contributed by atoms with Gasteiger partial charge in [-0.25, -0.2) is 9.37 Å². The number of aldehydes is 1. The highest BCUT2D eigenvalue weighted by atomic mass is 19.1. The van der Waals surface area contributed by atoms with Crippen molar-refractivity contribution in [3.8, 4) is 16.9 Å². The number of halogens is 1. The summed E-state index contributed by atoms with van der Waals surface area (Å²) in [4.78, 5) is 20.0. The van der Waals surface area contributed by atoms with Crippen LogP contribution in [0.1, 0.15) is 37.1 Å². The third kappa shape index (κ3) is 5.00. The van der Waals surface area contributed by atoms with E-state index in [-0.39, 0.29) is 5.82 Å². The first-order chi connectivity index (χ1) is 20.4. The van der Waals surface area contributed by atoms with E-state index in [4.69, 9.17) is 14.6 Å². The Morgan fingerprint density at radius 3 is 2.62 bits per heavy atom. The second-order valence-electron chi connectivity index (χ2n) is 11.2. The number of carbonyl (C=O) groups excluding carboxylic acids is 1. The van der Waals surface area contributed by atoms with Gasteiger partial charge in [0.2, 0.25) is 0 Å². The van der Waals surface area contributed by atoms with Crippen molar-refractivity contribution in [2.45, 2.75) is 38.8 Å². The maximum Gasteiger partial charge on any atom is 0.160 e. The second-order valence-corrected chi connectivity index (χ2v) is 11.2. The Labute approximate surface area is 245 Å². The van der Waals surface area contributed by atoms with E-state index >= 15 is 4.39 Å². The van der Waals surface area contributed by atoms with E-state index in [1.807, 2.05) is 28.9 Å². The smallest absolute Gasteiger partial charge is 0.160 e. The first-order valence-corrected chi connectivity index (χ1v) is 14.7. The highest BCUT2D eigenvalue weighted by Crippen LogP contribution is 2.45. The van der Waals surface area contributed by atoms with Crippen molar-refractivity contribution < 1.29 is 13.9 Å². The number of anilines is 3. The molecule has 0 aliphatic carbocycles. The Kier molecular flexibility index (Phi) is 7.87. The largest absolute Gasteiger partial charge is 0.495 e. The molecule has 0 saturated carbocycles. The number of piperidine rings is 1. The highest BCUT2D eigenvalue weighted by molar-refractivity contribution is 5.86. The van der Waals surface area contributed by atoms with Gasteiger partial charge in [0.15, 0.2) is 5.82 Å². The zero-order chi connectivity index (χ0) is 29.4. The molecule has 42 heavy (non-hydrogen) atoms. The minimum absolute atomic E-state index is 0.285. The Morgan fingerprint density at radius 2 is 1.86 bits per heavy atom. The number of likely N-dealkylation sites (N-methyl/N-ethyl adjacent to an activating group) is 2. The topological polar surface area (TPSA) is 83.2 Å². The summed E-state index contributed by atoms with van der Waals surface area (Å²) >= 11 is 0. The molecule has 1 saturated heterocycles. The summed E-state index contributed by atoms with van der Waals surface area (Å²) in [5.41, 5.74) is 6.42. The summed E-state index contributed by atoms with van der Waals surface area (Å²) in [5.74, 6) is 1.30. The number of methoxy groups -OCH3 is 1. The van der Waals surface area contributed by atoms with Crippen molar-refractivity contribution in [1.82, 2.24) is 29.4 Å². The van der Waals surface area contributed by atoms with Gasteiger partial charge in [0.05, 0.1) is 30.7 Å². The number of hydrogen-bond acceptors (Lipinski definition) is 8. The molecule has 0 amide bonds. The maximum atomic E-state index is 16.1. The Balaban J connectivity index is 0.00000101. The molecule has 0 unspecified atom stereocenters. The number of imidazole rings is 1. The van der Waals surface area contributed by atoms with Crippen LogP contribution in [0.3, 0.4) is 0 Å². The summed E-state index contributed by atoms with van der Waals surface area (Å²) in [5, 5.41) is 8.76. The minimum atomic E-state index is -0.285. The van der Waals surface area contributed by atoms with Gasteiger partial charge in [0.1, 0.15) is 23.5 Å². The van der Waals surface area contributed by atoms with Gasteiger partial charge in [-0.2, -0.15) is 5.10 Å². The molecule has 1 aromatic carbocycles. The molecular formula is C31H39FN8O2. The number of fused-ring (bicyclic) bond motifs is 3. The van der Waals surface area contributed by atoms with Crippen LogP contribution in [-0.2, 0) is 17.8 Å². The average molecular weight is 575 g/mol. The SMILES string of the molecule is CC=O.COc1cn2ccnc2cc1-c1cc2c(cc1F)N(c1nn(C3CCNCC3)c3c1CN(C)CC3)CCN2C. The first-order valence-electron chi connectivity index (χ1n) is 14.7. The van der Waals surface area contributed by atoms with Gasteiger partial charge in [0.25, 0.3) is 0 Å². The van der Waals surface area contributed by atoms with Crippen LogP contribution in [0.25, 0.3) is 16.8 Å². The lowest BCUT2D eigenvalue weighted by Gasteiger charge is -2.37. The van der Waals surface area contributed by atoms with E-state index in [9.17, 15) is 0 Å². The number of ether oxygens (including phenoxy) is 1. The van der Waals surface area contributed by atoms with E-state index in [1.54, 1.807) is 19.4 Å². The molecule has 0 atom stereocenters. The predicted molar refractivity (Wildman–Crippen MR) is 163 cm³/mol. The molecule has 3 aliphatic rings. The number of rotatable bonds is 4. The van der Waals surface area contributed by atoms with Gasteiger partial charge >= 0.3 is 0 Å². The molecule has 4 aromatic rings. The number of hydrogen-bond donors (Lipinski definition) is 1. The third-order valence-electron chi connectivity index (χ3n) is 8.60. The van der Waals surface area contributed by atoms with Crippen molar-refractivity contribution in [2.24, 2.45) is 0 Å². The van der Waals surface area contributed by atoms with Gasteiger partial charge in [-0.15, -0.1) is 0 Å². The third-order valence-corrected chi connectivity index (χ3v) is 8.60. The Hall–Kier alpha value is -3.96. The number of aromatic nitrogens is 4. The van der Waals surface area contributed by atoms with E-state index in [1.165, 1.54) is 18.2 Å². The zero-order valence-electron chi connectivity index (χ0n) is 24.8. The van der Waals surface area contributed by atoms with Gasteiger partial charge in [-0.3, -0.25) is 4.68 Å². The van der Waals surface area contributed by atoms with Gasteiger partial charge in [-0.05, 0) is 52.0 Å². The van der Waals surface area contributed by atoms with E-state index in [0.717, 1.165) is 87.7 Å². The summed E-state index contributed by atoms with van der Waals surface area (Å²) in [6.07, 6.45) is 9.36. The van der Waals surface area contributed by atoms with Crippen molar-refractivity contribution in [2.75, 3.05) is 63.7 Å². The average Bonchev–Trinajstić information content (AvgIpc) is 3.61. The predicted octanol–water partition coefficient (Wildman–Crippen LogP) is 4.05. The van der Waals surface area contributed by atoms with Crippen molar-refractivity contribution >= 4 is 29.1 Å². The normalized spacial score (nSPS) is 17.5. The maximum absolute atomic E-state index is 16.1. The lowest BCUT2D eigenvalue weighted by Crippen LogP contribution is -2.37. The van der Waals surface area contributed by atoms with E-state index in [2.05, 4.69) is 43.8 Å². The van der Waals surface area contributed by atoms with E-state index in [0.29, 0.717) is 22.9 Å². The van der Waals surface area contributed by atoms with Crippen LogP contribution in [0.4, 0.5) is 21.6 Å². The molecule has 3 aliphatic heterocycles. The van der Waals surface area contributed by atoms with Gasteiger partial charge < -0.3 is 33.9 Å². The number of carbonyl (C=O) groups is 1. The lowest BCUT2D eigenvalue weighted by atomic mass is 10.0. The highest BCUT2D eigenvalue weighted by Gasteiger charge is 2.33. The second kappa shape index (κ2) is 11.7. The lowest BCUT2D eigenvalue weighted by molar-refractivity contribution is -0.106. The van der Waals surface area contributed by atoms with Crippen molar-refractivity contribution in [3.05, 3.63) is 53.9 Å². The van der Waals surface area contributed by atoms with Crippen LogP contribution in [0.5, 0.6) is 5.75 Å². The zero-order valence-corrected chi connectivity index (χ0v) is 24.8. The molecule has 3 aromatic heterocycles. The van der Waals surface area contributed by atoms with Crippen LogP contribution < -0.4 is 19.9 Å². The molecule has 1 N–H and O–H groups in total.